The van der Waals surface area contributed by atoms with Gasteiger partial charge >= 0.3 is 0 Å². The summed E-state index contributed by atoms with van der Waals surface area (Å²) >= 11 is 0. The highest BCUT2D eigenvalue weighted by Crippen LogP contribution is 2.34. The number of aliphatic hydroxyl groups is 1. The van der Waals surface area contributed by atoms with Crippen molar-refractivity contribution in [2.24, 2.45) is 5.41 Å². The van der Waals surface area contributed by atoms with E-state index in [0.717, 1.165) is 13.1 Å². The normalized spacial score (nSPS) is 14.5. The summed E-state index contributed by atoms with van der Waals surface area (Å²) in [4.78, 5) is 2.22. The van der Waals surface area contributed by atoms with Crippen LogP contribution in [0.25, 0.3) is 0 Å². The Labute approximate surface area is 130 Å². The largest absolute Gasteiger partial charge is 0.389 e. The third-order valence-electron chi connectivity index (χ3n) is 3.66. The van der Waals surface area contributed by atoms with E-state index >= 15 is 0 Å². The summed E-state index contributed by atoms with van der Waals surface area (Å²) in [6.07, 6.45) is 0. The van der Waals surface area contributed by atoms with Crippen molar-refractivity contribution in [2.45, 2.75) is 46.3 Å². The molecular formula is C18H32N2O. The highest BCUT2D eigenvalue weighted by Gasteiger charge is 2.32. The molecule has 0 aliphatic heterocycles. The molecule has 0 fully saturated rings. The number of hydrogen-bond acceptors (Lipinski definition) is 3. The van der Waals surface area contributed by atoms with Gasteiger partial charge in [0.1, 0.15) is 0 Å². The van der Waals surface area contributed by atoms with Crippen molar-refractivity contribution in [3.63, 3.8) is 0 Å². The number of nitrogens with zero attached hydrogens (tertiary/aromatic N) is 1. The summed E-state index contributed by atoms with van der Waals surface area (Å²) in [7, 11) is 2.08. The zero-order valence-corrected chi connectivity index (χ0v) is 14.5. The van der Waals surface area contributed by atoms with Crippen LogP contribution in [-0.2, 0) is 0 Å². The first-order chi connectivity index (χ1) is 9.65. The van der Waals surface area contributed by atoms with E-state index < -0.39 is 5.60 Å². The van der Waals surface area contributed by atoms with E-state index in [2.05, 4.69) is 68.4 Å². The Kier molecular flexibility index (Phi) is 6.39. The van der Waals surface area contributed by atoms with Crippen LogP contribution in [0.15, 0.2) is 30.3 Å². The molecule has 0 radical (unpaired) electrons. The Bertz CT molecular complexity index is 409. The van der Waals surface area contributed by atoms with Gasteiger partial charge in [0, 0.05) is 19.1 Å². The molecular weight excluding hydrogens is 260 g/mol. The molecule has 0 saturated carbocycles. The molecule has 3 heteroatoms. The minimum absolute atomic E-state index is 0.0668. The number of hydrogen-bond donors (Lipinski definition) is 2. The van der Waals surface area contributed by atoms with Crippen LogP contribution in [0.5, 0.6) is 0 Å². The molecule has 21 heavy (non-hydrogen) atoms. The van der Waals surface area contributed by atoms with Gasteiger partial charge in [0.25, 0.3) is 0 Å². The Morgan fingerprint density at radius 3 is 2.14 bits per heavy atom. The number of likely N-dealkylation sites (N-methyl/N-ethyl adjacent to an activating group) is 1. The predicted molar refractivity (Wildman–Crippen MR) is 90.4 cm³/mol. The van der Waals surface area contributed by atoms with Crippen LogP contribution in [0.3, 0.4) is 0 Å². The molecule has 1 rings (SSSR count). The molecule has 0 spiro atoms. The molecule has 0 bridgehead atoms. The zero-order valence-electron chi connectivity index (χ0n) is 14.5. The van der Waals surface area contributed by atoms with Crippen LogP contribution in [0.4, 0.5) is 0 Å². The number of benzene rings is 1. The maximum Gasteiger partial charge on any atom is 0.0718 e. The molecule has 2 N–H and O–H groups in total. The molecule has 1 atom stereocenters. The minimum atomic E-state index is -0.661. The number of nitrogens with one attached hydrogen (secondary N) is 1. The molecule has 120 valence electrons. The van der Waals surface area contributed by atoms with Crippen LogP contribution >= 0.6 is 0 Å². The lowest BCUT2D eigenvalue weighted by atomic mass is 9.79. The zero-order chi connectivity index (χ0) is 16.1. The fraction of sp³-hybridized carbons (Fsp3) is 0.667. The van der Waals surface area contributed by atoms with Crippen LogP contribution in [-0.4, -0.2) is 42.3 Å². The van der Waals surface area contributed by atoms with Gasteiger partial charge in [-0.05, 0) is 38.4 Å². The Balaban J connectivity index is 2.85. The first kappa shape index (κ1) is 18.1. The second-order valence-corrected chi connectivity index (χ2v) is 7.37. The fourth-order valence-electron chi connectivity index (χ4n) is 3.20. The van der Waals surface area contributed by atoms with Gasteiger partial charge in [-0.2, -0.15) is 0 Å². The molecule has 0 aromatic heterocycles. The van der Waals surface area contributed by atoms with E-state index in [4.69, 9.17) is 0 Å². The van der Waals surface area contributed by atoms with E-state index in [0.29, 0.717) is 12.6 Å². The molecule has 0 aliphatic carbocycles. The van der Waals surface area contributed by atoms with Crippen molar-refractivity contribution in [3.05, 3.63) is 35.9 Å². The van der Waals surface area contributed by atoms with Gasteiger partial charge in [0.15, 0.2) is 0 Å². The van der Waals surface area contributed by atoms with Crippen molar-refractivity contribution in [2.75, 3.05) is 26.7 Å². The standard InChI is InChI=1S/C18H32N2O/c1-7-19-16(15-11-9-8-10-12-15)17(2,3)13-20(6)14-18(4,5)21/h8-12,16,19,21H,7,13-14H2,1-6H3. The van der Waals surface area contributed by atoms with Crippen LogP contribution in [0, 0.1) is 5.41 Å². The van der Waals surface area contributed by atoms with Gasteiger partial charge in [-0.1, -0.05) is 51.1 Å². The van der Waals surface area contributed by atoms with Crippen LogP contribution in [0.2, 0.25) is 0 Å². The van der Waals surface area contributed by atoms with Crippen molar-refractivity contribution in [1.29, 1.82) is 0 Å². The lowest BCUT2D eigenvalue weighted by molar-refractivity contribution is 0.0292. The smallest absolute Gasteiger partial charge is 0.0718 e. The molecule has 1 aromatic rings. The van der Waals surface area contributed by atoms with E-state index in [-0.39, 0.29) is 5.41 Å². The maximum atomic E-state index is 9.99. The summed E-state index contributed by atoms with van der Waals surface area (Å²) in [5.41, 5.74) is 0.726. The molecule has 3 nitrogen and oxygen atoms in total. The molecule has 0 heterocycles. The fourth-order valence-corrected chi connectivity index (χ4v) is 3.20. The van der Waals surface area contributed by atoms with Gasteiger partial charge in [-0.3, -0.25) is 0 Å². The predicted octanol–water partition coefficient (Wildman–Crippen LogP) is 3.07. The summed E-state index contributed by atoms with van der Waals surface area (Å²) in [6, 6.07) is 10.9. The highest BCUT2D eigenvalue weighted by molar-refractivity contribution is 5.21. The maximum absolute atomic E-state index is 9.99. The van der Waals surface area contributed by atoms with E-state index in [9.17, 15) is 5.11 Å². The third kappa shape index (κ3) is 6.16. The first-order valence-electron chi connectivity index (χ1n) is 7.85. The van der Waals surface area contributed by atoms with Gasteiger partial charge in [0.2, 0.25) is 0 Å². The van der Waals surface area contributed by atoms with Gasteiger partial charge in [0.05, 0.1) is 5.60 Å². The Morgan fingerprint density at radius 2 is 1.67 bits per heavy atom. The molecule has 1 aromatic carbocycles. The Morgan fingerprint density at radius 1 is 1.10 bits per heavy atom. The van der Waals surface area contributed by atoms with Crippen LogP contribution in [0.1, 0.15) is 46.2 Å². The molecule has 0 amide bonds. The molecule has 0 saturated heterocycles. The van der Waals surface area contributed by atoms with Crippen molar-refractivity contribution in [1.82, 2.24) is 10.2 Å². The lowest BCUT2D eigenvalue weighted by Gasteiger charge is -2.39. The Hall–Kier alpha value is -0.900. The summed E-state index contributed by atoms with van der Waals surface area (Å²) < 4.78 is 0. The third-order valence-corrected chi connectivity index (χ3v) is 3.66. The average molecular weight is 292 g/mol. The van der Waals surface area contributed by atoms with Crippen molar-refractivity contribution >= 4 is 0 Å². The lowest BCUT2D eigenvalue weighted by Crippen LogP contribution is -2.45. The van der Waals surface area contributed by atoms with E-state index in [1.165, 1.54) is 5.56 Å². The summed E-state index contributed by atoms with van der Waals surface area (Å²) in [5, 5.41) is 13.6. The van der Waals surface area contributed by atoms with Gasteiger partial charge in [-0.15, -0.1) is 0 Å². The van der Waals surface area contributed by atoms with E-state index in [1.54, 1.807) is 0 Å². The van der Waals surface area contributed by atoms with Crippen LogP contribution < -0.4 is 5.32 Å². The summed E-state index contributed by atoms with van der Waals surface area (Å²) in [6.45, 7) is 13.0. The quantitative estimate of drug-likeness (QED) is 0.773. The second kappa shape index (κ2) is 7.39. The molecule has 1 unspecified atom stereocenters. The van der Waals surface area contributed by atoms with Crippen molar-refractivity contribution < 1.29 is 5.11 Å². The summed E-state index contributed by atoms with van der Waals surface area (Å²) in [5.74, 6) is 0. The topological polar surface area (TPSA) is 35.5 Å². The second-order valence-electron chi connectivity index (χ2n) is 7.37. The van der Waals surface area contributed by atoms with E-state index in [1.807, 2.05) is 13.8 Å². The monoisotopic (exact) mass is 292 g/mol. The average Bonchev–Trinajstić information content (AvgIpc) is 2.33. The van der Waals surface area contributed by atoms with Gasteiger partial charge < -0.3 is 15.3 Å². The highest BCUT2D eigenvalue weighted by atomic mass is 16.3. The SMILES string of the molecule is CCNC(c1ccccc1)C(C)(C)CN(C)CC(C)(C)O. The first-order valence-corrected chi connectivity index (χ1v) is 7.85. The molecule has 0 aliphatic rings. The minimum Gasteiger partial charge on any atom is -0.389 e. The van der Waals surface area contributed by atoms with Gasteiger partial charge in [-0.25, -0.2) is 0 Å². The van der Waals surface area contributed by atoms with Crippen molar-refractivity contribution in [3.8, 4) is 0 Å². The number of rotatable bonds is 8.